The molecule has 1 aliphatic carbocycles. The van der Waals surface area contributed by atoms with Crippen LogP contribution in [0.4, 0.5) is 0 Å². The summed E-state index contributed by atoms with van der Waals surface area (Å²) in [4.78, 5) is 2.51. The molecule has 0 aromatic carbocycles. The molecular weight excluding hydrogens is 184 g/mol. The minimum absolute atomic E-state index is 0.765. The highest BCUT2D eigenvalue weighted by atomic mass is 15.1. The molecule has 2 nitrogen and oxygen atoms in total. The third kappa shape index (κ3) is 3.76. The van der Waals surface area contributed by atoms with Gasteiger partial charge in [-0.15, -0.1) is 0 Å². The fraction of sp³-hybridized carbons (Fsp3) is 1.00. The first kappa shape index (κ1) is 11.4. The average molecular weight is 210 g/mol. The normalized spacial score (nSPS) is 33.2. The van der Waals surface area contributed by atoms with Crippen LogP contribution in [0.5, 0.6) is 0 Å². The van der Waals surface area contributed by atoms with Gasteiger partial charge in [0.2, 0.25) is 0 Å². The molecule has 2 fully saturated rings. The zero-order chi connectivity index (χ0) is 10.7. The summed E-state index contributed by atoms with van der Waals surface area (Å²) < 4.78 is 0. The third-order valence-electron chi connectivity index (χ3n) is 3.81. The lowest BCUT2D eigenvalue weighted by molar-refractivity contribution is 0.162. The summed E-state index contributed by atoms with van der Waals surface area (Å²) in [5, 5.41) is 3.76. The van der Waals surface area contributed by atoms with Gasteiger partial charge in [0, 0.05) is 19.1 Å². The Morgan fingerprint density at radius 1 is 1.20 bits per heavy atom. The van der Waals surface area contributed by atoms with E-state index in [0.29, 0.717) is 0 Å². The fourth-order valence-electron chi connectivity index (χ4n) is 2.86. The van der Waals surface area contributed by atoms with Gasteiger partial charge in [-0.1, -0.05) is 13.3 Å². The maximum absolute atomic E-state index is 3.76. The van der Waals surface area contributed by atoms with Gasteiger partial charge in [0.25, 0.3) is 0 Å². The Hall–Kier alpha value is -0.0800. The maximum Gasteiger partial charge on any atom is 0.0198 e. The van der Waals surface area contributed by atoms with E-state index in [2.05, 4.69) is 24.2 Å². The van der Waals surface area contributed by atoms with E-state index < -0.39 is 0 Å². The van der Waals surface area contributed by atoms with Gasteiger partial charge in [-0.2, -0.15) is 0 Å². The summed E-state index contributed by atoms with van der Waals surface area (Å²) >= 11 is 0. The van der Waals surface area contributed by atoms with E-state index in [4.69, 9.17) is 0 Å². The zero-order valence-corrected chi connectivity index (χ0v) is 10.3. The molecule has 2 rings (SSSR count). The highest BCUT2D eigenvalue weighted by Crippen LogP contribution is 2.28. The summed E-state index contributed by atoms with van der Waals surface area (Å²) in [5.74, 6) is 1.95. The molecule has 1 saturated heterocycles. The first-order chi connectivity index (χ1) is 7.28. The Balaban J connectivity index is 1.72. The lowest BCUT2D eigenvalue weighted by Gasteiger charge is -2.36. The van der Waals surface area contributed by atoms with Crippen LogP contribution >= 0.6 is 0 Å². The molecule has 1 aliphatic heterocycles. The largest absolute Gasteiger partial charge is 0.312 e. The molecule has 2 aliphatic rings. The molecule has 88 valence electrons. The predicted octanol–water partition coefficient (Wildman–Crippen LogP) is 2.11. The van der Waals surface area contributed by atoms with Crippen LogP contribution in [0.1, 0.15) is 39.0 Å². The van der Waals surface area contributed by atoms with Gasteiger partial charge in [0.1, 0.15) is 0 Å². The maximum atomic E-state index is 3.76. The first-order valence-electron chi connectivity index (χ1n) is 6.69. The molecule has 0 radical (unpaired) electrons. The lowest BCUT2D eigenvalue weighted by atomic mass is 9.91. The molecule has 0 aromatic heterocycles. The first-order valence-corrected chi connectivity index (χ1v) is 6.69. The van der Waals surface area contributed by atoms with Crippen molar-refractivity contribution in [3.05, 3.63) is 0 Å². The Labute approximate surface area is 94.4 Å². The van der Waals surface area contributed by atoms with Gasteiger partial charge in [-0.05, 0) is 51.1 Å². The van der Waals surface area contributed by atoms with E-state index >= 15 is 0 Å². The predicted molar refractivity (Wildman–Crippen MR) is 65.0 cm³/mol. The summed E-state index contributed by atoms with van der Waals surface area (Å²) in [6, 6.07) is 0.765. The van der Waals surface area contributed by atoms with E-state index in [0.717, 1.165) is 17.9 Å². The number of rotatable bonds is 5. The second-order valence-corrected chi connectivity index (χ2v) is 5.66. The van der Waals surface area contributed by atoms with Crippen LogP contribution in [0.2, 0.25) is 0 Å². The molecule has 0 bridgehead atoms. The Morgan fingerprint density at radius 3 is 2.67 bits per heavy atom. The van der Waals surface area contributed by atoms with E-state index in [9.17, 15) is 0 Å². The quantitative estimate of drug-likeness (QED) is 0.747. The van der Waals surface area contributed by atoms with Crippen molar-refractivity contribution in [2.24, 2.45) is 11.8 Å². The van der Waals surface area contributed by atoms with Crippen LogP contribution in [-0.4, -0.2) is 37.6 Å². The summed E-state index contributed by atoms with van der Waals surface area (Å²) in [7, 11) is 2.27. The van der Waals surface area contributed by atoms with Crippen molar-refractivity contribution < 1.29 is 0 Å². The molecule has 2 heteroatoms. The smallest absolute Gasteiger partial charge is 0.0198 e. The van der Waals surface area contributed by atoms with E-state index in [1.807, 2.05) is 0 Å². The Kier molecular flexibility index (Phi) is 4.04. The van der Waals surface area contributed by atoms with Crippen LogP contribution in [0.3, 0.4) is 0 Å². The molecule has 0 amide bonds. The van der Waals surface area contributed by atoms with Crippen molar-refractivity contribution in [1.29, 1.82) is 0 Å². The van der Waals surface area contributed by atoms with Crippen LogP contribution in [0.15, 0.2) is 0 Å². The van der Waals surface area contributed by atoms with Gasteiger partial charge >= 0.3 is 0 Å². The van der Waals surface area contributed by atoms with Gasteiger partial charge < -0.3 is 10.2 Å². The van der Waals surface area contributed by atoms with Crippen LogP contribution in [-0.2, 0) is 0 Å². The van der Waals surface area contributed by atoms with Gasteiger partial charge in [0.05, 0.1) is 0 Å². The topological polar surface area (TPSA) is 15.3 Å². The molecular formula is C13H26N2. The SMILES string of the molecule is CCCC1CC(NCC2CC2)CN(C)C1. The number of piperidine rings is 1. The van der Waals surface area contributed by atoms with Crippen LogP contribution in [0, 0.1) is 11.8 Å². The van der Waals surface area contributed by atoms with Crippen molar-refractivity contribution in [3.8, 4) is 0 Å². The number of hydrogen-bond acceptors (Lipinski definition) is 2. The van der Waals surface area contributed by atoms with Gasteiger partial charge in [-0.3, -0.25) is 0 Å². The molecule has 0 aromatic rings. The van der Waals surface area contributed by atoms with Crippen LogP contribution < -0.4 is 5.32 Å². The number of hydrogen-bond donors (Lipinski definition) is 1. The Bertz CT molecular complexity index is 189. The summed E-state index contributed by atoms with van der Waals surface area (Å²) in [6.45, 7) is 6.15. The van der Waals surface area contributed by atoms with E-state index in [-0.39, 0.29) is 0 Å². The highest BCUT2D eigenvalue weighted by molar-refractivity contribution is 4.84. The van der Waals surface area contributed by atoms with Crippen molar-refractivity contribution in [2.75, 3.05) is 26.7 Å². The zero-order valence-electron chi connectivity index (χ0n) is 10.3. The van der Waals surface area contributed by atoms with E-state index in [1.54, 1.807) is 0 Å². The standard InChI is InChI=1S/C13H26N2/c1-3-4-12-7-13(10-15(2)9-12)14-8-11-5-6-11/h11-14H,3-10H2,1-2H3. The van der Waals surface area contributed by atoms with Crippen molar-refractivity contribution in [1.82, 2.24) is 10.2 Å². The lowest BCUT2D eigenvalue weighted by Crippen LogP contribution is -2.48. The van der Waals surface area contributed by atoms with Gasteiger partial charge in [0.15, 0.2) is 0 Å². The van der Waals surface area contributed by atoms with E-state index in [1.165, 1.54) is 51.7 Å². The van der Waals surface area contributed by atoms with Gasteiger partial charge in [-0.25, -0.2) is 0 Å². The fourth-order valence-corrected chi connectivity index (χ4v) is 2.86. The molecule has 2 atom stereocenters. The van der Waals surface area contributed by atoms with Crippen LogP contribution in [0.25, 0.3) is 0 Å². The monoisotopic (exact) mass is 210 g/mol. The molecule has 1 saturated carbocycles. The third-order valence-corrected chi connectivity index (χ3v) is 3.81. The highest BCUT2D eigenvalue weighted by Gasteiger charge is 2.27. The Morgan fingerprint density at radius 2 is 2.00 bits per heavy atom. The minimum Gasteiger partial charge on any atom is -0.312 e. The molecule has 0 spiro atoms. The summed E-state index contributed by atoms with van der Waals surface area (Å²) in [5.41, 5.74) is 0. The molecule has 2 unspecified atom stereocenters. The van der Waals surface area contributed by atoms with Crippen molar-refractivity contribution in [3.63, 3.8) is 0 Å². The second kappa shape index (κ2) is 5.31. The van der Waals surface area contributed by atoms with Crippen molar-refractivity contribution >= 4 is 0 Å². The average Bonchev–Trinajstić information content (AvgIpc) is 2.98. The molecule has 1 heterocycles. The molecule has 1 N–H and O–H groups in total. The summed E-state index contributed by atoms with van der Waals surface area (Å²) in [6.07, 6.45) is 7.09. The number of nitrogens with one attached hydrogen (secondary N) is 1. The van der Waals surface area contributed by atoms with Crippen molar-refractivity contribution in [2.45, 2.75) is 45.1 Å². The second-order valence-electron chi connectivity index (χ2n) is 5.66. The minimum atomic E-state index is 0.765. The number of likely N-dealkylation sites (N-methyl/N-ethyl adjacent to an activating group) is 1. The number of likely N-dealkylation sites (tertiary alicyclic amines) is 1. The number of nitrogens with zero attached hydrogens (tertiary/aromatic N) is 1. The molecule has 15 heavy (non-hydrogen) atoms.